The van der Waals surface area contributed by atoms with Gasteiger partial charge in [0.15, 0.2) is 0 Å². The molecule has 2 heterocycles. The second-order valence-corrected chi connectivity index (χ2v) is 7.12. The van der Waals surface area contributed by atoms with E-state index in [4.69, 9.17) is 0 Å². The van der Waals surface area contributed by atoms with E-state index < -0.39 is 0 Å². The zero-order chi connectivity index (χ0) is 15.5. The number of hydrogen-bond donors (Lipinski definition) is 2. The van der Waals surface area contributed by atoms with Crippen molar-refractivity contribution >= 4 is 5.91 Å². The predicted molar refractivity (Wildman–Crippen MR) is 86.4 cm³/mol. The van der Waals surface area contributed by atoms with Gasteiger partial charge in [0.2, 0.25) is 5.91 Å². The van der Waals surface area contributed by atoms with Crippen LogP contribution in [0.25, 0.3) is 0 Å². The molecule has 0 aliphatic carbocycles. The third-order valence-corrected chi connectivity index (χ3v) is 5.17. The SMILES string of the molecule is CCC(C)(C)NC(=O)C(C)N1CCN(C2CCNC2)CC1. The number of carbonyl (C=O) groups excluding carboxylic acids is 1. The lowest BCUT2D eigenvalue weighted by Gasteiger charge is -2.40. The molecule has 21 heavy (non-hydrogen) atoms. The Morgan fingerprint density at radius 1 is 1.33 bits per heavy atom. The van der Waals surface area contributed by atoms with E-state index in [1.807, 2.05) is 6.92 Å². The molecule has 2 atom stereocenters. The highest BCUT2D eigenvalue weighted by atomic mass is 16.2. The molecule has 0 aromatic heterocycles. The molecule has 0 spiro atoms. The number of hydrogen-bond acceptors (Lipinski definition) is 4. The lowest BCUT2D eigenvalue weighted by atomic mass is 10.0. The van der Waals surface area contributed by atoms with Crippen molar-refractivity contribution in [2.45, 2.75) is 58.2 Å². The van der Waals surface area contributed by atoms with Crippen LogP contribution in [0.3, 0.4) is 0 Å². The summed E-state index contributed by atoms with van der Waals surface area (Å²) < 4.78 is 0. The Morgan fingerprint density at radius 3 is 2.52 bits per heavy atom. The highest BCUT2D eigenvalue weighted by molar-refractivity contribution is 5.82. The molecule has 2 N–H and O–H groups in total. The second kappa shape index (κ2) is 7.07. The largest absolute Gasteiger partial charge is 0.350 e. The Morgan fingerprint density at radius 2 is 2.00 bits per heavy atom. The highest BCUT2D eigenvalue weighted by Crippen LogP contribution is 2.14. The van der Waals surface area contributed by atoms with Crippen LogP contribution in [-0.2, 0) is 4.79 Å². The first-order chi connectivity index (χ1) is 9.93. The summed E-state index contributed by atoms with van der Waals surface area (Å²) in [7, 11) is 0. The fraction of sp³-hybridized carbons (Fsp3) is 0.938. The fourth-order valence-electron chi connectivity index (χ4n) is 3.13. The molecule has 2 aliphatic rings. The molecule has 122 valence electrons. The normalized spacial score (nSPS) is 26.8. The van der Waals surface area contributed by atoms with Gasteiger partial charge in [-0.3, -0.25) is 14.6 Å². The van der Waals surface area contributed by atoms with E-state index in [-0.39, 0.29) is 17.5 Å². The second-order valence-electron chi connectivity index (χ2n) is 7.12. The lowest BCUT2D eigenvalue weighted by molar-refractivity contribution is -0.128. The first-order valence-corrected chi connectivity index (χ1v) is 8.44. The summed E-state index contributed by atoms with van der Waals surface area (Å²) in [4.78, 5) is 17.3. The minimum absolute atomic E-state index is 0.0281. The molecule has 1 amide bonds. The van der Waals surface area contributed by atoms with Crippen LogP contribution in [0.15, 0.2) is 0 Å². The Kier molecular flexibility index (Phi) is 5.63. The van der Waals surface area contributed by atoms with Crippen molar-refractivity contribution in [2.75, 3.05) is 39.3 Å². The smallest absolute Gasteiger partial charge is 0.237 e. The number of piperazine rings is 1. The maximum Gasteiger partial charge on any atom is 0.237 e. The zero-order valence-electron chi connectivity index (χ0n) is 14.1. The quantitative estimate of drug-likeness (QED) is 0.782. The van der Waals surface area contributed by atoms with Gasteiger partial charge >= 0.3 is 0 Å². The van der Waals surface area contributed by atoms with Crippen molar-refractivity contribution in [1.29, 1.82) is 0 Å². The van der Waals surface area contributed by atoms with Crippen LogP contribution >= 0.6 is 0 Å². The van der Waals surface area contributed by atoms with Crippen molar-refractivity contribution in [3.05, 3.63) is 0 Å². The molecular weight excluding hydrogens is 264 g/mol. The van der Waals surface area contributed by atoms with Gasteiger partial charge in [-0.2, -0.15) is 0 Å². The molecule has 0 radical (unpaired) electrons. The van der Waals surface area contributed by atoms with Crippen LogP contribution in [0.4, 0.5) is 0 Å². The van der Waals surface area contributed by atoms with Gasteiger partial charge in [-0.1, -0.05) is 6.92 Å². The van der Waals surface area contributed by atoms with Gasteiger partial charge in [0.1, 0.15) is 0 Å². The predicted octanol–water partition coefficient (Wildman–Crippen LogP) is 0.659. The van der Waals surface area contributed by atoms with Gasteiger partial charge in [0.25, 0.3) is 0 Å². The van der Waals surface area contributed by atoms with E-state index >= 15 is 0 Å². The minimum atomic E-state index is -0.108. The van der Waals surface area contributed by atoms with E-state index in [0.717, 1.165) is 45.7 Å². The van der Waals surface area contributed by atoms with Gasteiger partial charge in [-0.05, 0) is 40.2 Å². The van der Waals surface area contributed by atoms with Crippen LogP contribution in [0.5, 0.6) is 0 Å². The van der Waals surface area contributed by atoms with Gasteiger partial charge in [0, 0.05) is 44.3 Å². The molecule has 0 bridgehead atoms. The zero-order valence-corrected chi connectivity index (χ0v) is 14.1. The van der Waals surface area contributed by atoms with E-state index in [9.17, 15) is 4.79 Å². The molecule has 5 nitrogen and oxygen atoms in total. The average molecular weight is 296 g/mol. The van der Waals surface area contributed by atoms with Crippen molar-refractivity contribution < 1.29 is 4.79 Å². The molecular formula is C16H32N4O. The lowest BCUT2D eigenvalue weighted by Crippen LogP contribution is -2.58. The number of nitrogens with zero attached hydrogens (tertiary/aromatic N) is 2. The molecule has 0 saturated carbocycles. The molecule has 2 rings (SSSR count). The molecule has 0 aromatic rings. The van der Waals surface area contributed by atoms with Crippen molar-refractivity contribution in [1.82, 2.24) is 20.4 Å². The van der Waals surface area contributed by atoms with E-state index in [1.165, 1.54) is 6.42 Å². The molecule has 2 saturated heterocycles. The van der Waals surface area contributed by atoms with Crippen LogP contribution in [0, 0.1) is 0 Å². The summed E-state index contributed by atoms with van der Waals surface area (Å²) in [5.41, 5.74) is -0.108. The molecule has 0 aromatic carbocycles. The number of amides is 1. The molecule has 5 heteroatoms. The van der Waals surface area contributed by atoms with Gasteiger partial charge in [-0.25, -0.2) is 0 Å². The van der Waals surface area contributed by atoms with Crippen LogP contribution in [0.1, 0.15) is 40.5 Å². The third kappa shape index (κ3) is 4.41. The highest BCUT2D eigenvalue weighted by Gasteiger charge is 2.31. The molecule has 2 aliphatic heterocycles. The maximum atomic E-state index is 12.4. The summed E-state index contributed by atoms with van der Waals surface area (Å²) in [5, 5.41) is 6.60. The van der Waals surface area contributed by atoms with E-state index in [2.05, 4.69) is 41.2 Å². The number of rotatable bonds is 5. The van der Waals surface area contributed by atoms with E-state index in [0.29, 0.717) is 6.04 Å². The Bertz CT molecular complexity index is 344. The van der Waals surface area contributed by atoms with Crippen molar-refractivity contribution in [3.8, 4) is 0 Å². The average Bonchev–Trinajstić information content (AvgIpc) is 3.00. The Labute approximate surface area is 129 Å². The standard InChI is InChI=1S/C16H32N4O/c1-5-16(3,4)18-15(21)13(2)19-8-10-20(11-9-19)14-6-7-17-12-14/h13-14,17H,5-12H2,1-4H3,(H,18,21). The van der Waals surface area contributed by atoms with Gasteiger partial charge in [0.05, 0.1) is 6.04 Å². The van der Waals surface area contributed by atoms with Crippen LogP contribution in [-0.4, -0.2) is 72.6 Å². The first kappa shape index (κ1) is 16.7. The van der Waals surface area contributed by atoms with Gasteiger partial charge < -0.3 is 10.6 Å². The summed E-state index contributed by atoms with van der Waals surface area (Å²) in [6.07, 6.45) is 2.22. The monoisotopic (exact) mass is 296 g/mol. The summed E-state index contributed by atoms with van der Waals surface area (Å²) in [5.74, 6) is 0.165. The van der Waals surface area contributed by atoms with Gasteiger partial charge in [-0.15, -0.1) is 0 Å². The third-order valence-electron chi connectivity index (χ3n) is 5.17. The molecule has 2 fully saturated rings. The van der Waals surface area contributed by atoms with Crippen molar-refractivity contribution in [3.63, 3.8) is 0 Å². The maximum absolute atomic E-state index is 12.4. The first-order valence-electron chi connectivity index (χ1n) is 8.44. The number of nitrogens with one attached hydrogen (secondary N) is 2. The van der Waals surface area contributed by atoms with E-state index in [1.54, 1.807) is 0 Å². The van der Waals surface area contributed by atoms with Crippen molar-refractivity contribution in [2.24, 2.45) is 0 Å². The summed E-state index contributed by atoms with van der Waals surface area (Å²) in [6, 6.07) is 0.676. The minimum Gasteiger partial charge on any atom is -0.350 e. The number of carbonyl (C=O) groups is 1. The molecule has 2 unspecified atom stereocenters. The summed E-state index contributed by atoms with van der Waals surface area (Å²) >= 11 is 0. The topological polar surface area (TPSA) is 47.6 Å². The fourth-order valence-corrected chi connectivity index (χ4v) is 3.13. The Hall–Kier alpha value is -0.650. The summed E-state index contributed by atoms with van der Waals surface area (Å²) in [6.45, 7) is 14.8. The van der Waals surface area contributed by atoms with Crippen LogP contribution < -0.4 is 10.6 Å². The van der Waals surface area contributed by atoms with Crippen LogP contribution in [0.2, 0.25) is 0 Å². The Balaban J connectivity index is 1.79.